The first-order valence-corrected chi connectivity index (χ1v) is 7.67. The minimum Gasteiger partial charge on any atom is -0.484 e. The van der Waals surface area contributed by atoms with Gasteiger partial charge in [0.25, 0.3) is 0 Å². The summed E-state index contributed by atoms with van der Waals surface area (Å²) in [5, 5.41) is 17.0. The van der Waals surface area contributed by atoms with E-state index in [0.29, 0.717) is 12.2 Å². The molecule has 0 saturated carbocycles. The highest BCUT2D eigenvalue weighted by Gasteiger charge is 2.09. The van der Waals surface area contributed by atoms with Gasteiger partial charge < -0.3 is 9.84 Å². The Morgan fingerprint density at radius 3 is 2.60 bits per heavy atom. The van der Waals surface area contributed by atoms with E-state index in [2.05, 4.69) is 10.3 Å². The number of ether oxygens (including phenoxy) is 1. The van der Waals surface area contributed by atoms with Crippen molar-refractivity contribution >= 4 is 5.97 Å². The Bertz CT molecular complexity index is 879. The molecule has 0 saturated heterocycles. The van der Waals surface area contributed by atoms with Crippen molar-refractivity contribution in [3.05, 3.63) is 77.4 Å². The summed E-state index contributed by atoms with van der Waals surface area (Å²) in [5.74, 6) is -1.16. The molecule has 0 atom stereocenters. The van der Waals surface area contributed by atoms with Crippen LogP contribution >= 0.6 is 0 Å². The van der Waals surface area contributed by atoms with Gasteiger partial charge in [-0.2, -0.15) is 0 Å². The average molecular weight is 341 g/mol. The quantitative estimate of drug-likeness (QED) is 0.715. The second-order valence-electron chi connectivity index (χ2n) is 5.47. The van der Waals surface area contributed by atoms with Gasteiger partial charge in [0.15, 0.2) is 11.6 Å². The maximum absolute atomic E-state index is 13.5. The molecule has 0 unspecified atom stereocenters. The minimum atomic E-state index is -0.884. The van der Waals surface area contributed by atoms with E-state index in [-0.39, 0.29) is 18.8 Å². The van der Waals surface area contributed by atoms with Crippen LogP contribution in [0.25, 0.3) is 0 Å². The number of nitrogens with zero attached hydrogens (tertiary/aromatic N) is 3. The Morgan fingerprint density at radius 2 is 1.84 bits per heavy atom. The first-order chi connectivity index (χ1) is 12.1. The normalized spacial score (nSPS) is 10.6. The van der Waals surface area contributed by atoms with Gasteiger partial charge in [0.2, 0.25) is 0 Å². The summed E-state index contributed by atoms with van der Waals surface area (Å²) in [6.07, 6.45) is 1.65. The number of carbonyl (C=O) groups is 1. The number of benzene rings is 2. The Morgan fingerprint density at radius 1 is 1.12 bits per heavy atom. The van der Waals surface area contributed by atoms with Gasteiger partial charge in [0, 0.05) is 0 Å². The third-order valence-corrected chi connectivity index (χ3v) is 3.59. The van der Waals surface area contributed by atoms with Gasteiger partial charge in [0.05, 0.1) is 19.2 Å². The summed E-state index contributed by atoms with van der Waals surface area (Å²) in [6, 6.07) is 13.4. The van der Waals surface area contributed by atoms with Crippen molar-refractivity contribution in [1.82, 2.24) is 15.0 Å². The maximum atomic E-state index is 13.5. The van der Waals surface area contributed by atoms with Gasteiger partial charge in [-0.05, 0) is 23.3 Å². The molecule has 0 amide bonds. The third-order valence-electron chi connectivity index (χ3n) is 3.59. The number of carboxylic acids is 1. The van der Waals surface area contributed by atoms with Crippen LogP contribution in [0.3, 0.4) is 0 Å². The number of para-hydroxylation sites is 1. The van der Waals surface area contributed by atoms with E-state index >= 15 is 0 Å². The number of halogens is 1. The van der Waals surface area contributed by atoms with Crippen LogP contribution in [0.5, 0.6) is 5.75 Å². The molecule has 0 fully saturated rings. The molecule has 6 nitrogen and oxygen atoms in total. The molecular weight excluding hydrogens is 325 g/mol. The number of hydrogen-bond donors (Lipinski definition) is 1. The topological polar surface area (TPSA) is 77.2 Å². The number of carboxylic acid groups (broad SMARTS) is 1. The van der Waals surface area contributed by atoms with Crippen molar-refractivity contribution in [2.75, 3.05) is 0 Å². The van der Waals surface area contributed by atoms with Gasteiger partial charge in [-0.25, -0.2) is 9.07 Å². The zero-order chi connectivity index (χ0) is 17.6. The summed E-state index contributed by atoms with van der Waals surface area (Å²) in [5.41, 5.74) is 2.14. The summed E-state index contributed by atoms with van der Waals surface area (Å²) in [6.45, 7) is 0.494. The van der Waals surface area contributed by atoms with Gasteiger partial charge in [0.1, 0.15) is 12.3 Å². The molecule has 0 bridgehead atoms. The fraction of sp³-hybridized carbons (Fsp3) is 0.167. The summed E-state index contributed by atoms with van der Waals surface area (Å²) >= 11 is 0. The number of aromatic nitrogens is 3. The monoisotopic (exact) mass is 341 g/mol. The van der Waals surface area contributed by atoms with Gasteiger partial charge in [-0.15, -0.1) is 5.10 Å². The molecule has 0 aliphatic carbocycles. The molecule has 1 N–H and O–H groups in total. The van der Waals surface area contributed by atoms with E-state index in [4.69, 9.17) is 9.84 Å². The number of hydrogen-bond acceptors (Lipinski definition) is 4. The summed E-state index contributed by atoms with van der Waals surface area (Å²) in [7, 11) is 0. The van der Waals surface area contributed by atoms with E-state index in [1.165, 1.54) is 6.07 Å². The molecule has 1 heterocycles. The second-order valence-corrected chi connectivity index (χ2v) is 5.47. The van der Waals surface area contributed by atoms with Crippen molar-refractivity contribution in [3.8, 4) is 5.75 Å². The highest BCUT2D eigenvalue weighted by Crippen LogP contribution is 2.17. The lowest BCUT2D eigenvalue weighted by Crippen LogP contribution is -2.07. The second kappa shape index (κ2) is 7.57. The van der Waals surface area contributed by atoms with Crippen LogP contribution in [0.2, 0.25) is 0 Å². The van der Waals surface area contributed by atoms with Crippen LogP contribution in [-0.4, -0.2) is 26.1 Å². The highest BCUT2D eigenvalue weighted by atomic mass is 19.1. The molecule has 0 aliphatic rings. The smallest absolute Gasteiger partial charge is 0.307 e. The molecule has 1 aromatic heterocycles. The van der Waals surface area contributed by atoms with Crippen LogP contribution in [-0.2, 0) is 24.4 Å². The van der Waals surface area contributed by atoms with Crippen molar-refractivity contribution < 1.29 is 19.0 Å². The lowest BCUT2D eigenvalue weighted by atomic mass is 10.0. The highest BCUT2D eigenvalue weighted by molar-refractivity contribution is 5.70. The van der Waals surface area contributed by atoms with Crippen LogP contribution in [0.15, 0.2) is 54.7 Å². The fourth-order valence-electron chi connectivity index (χ4n) is 2.42. The Balaban J connectivity index is 1.66. The SMILES string of the molecule is O=C(O)Cc1ccccc1Cn1cc(COc2ccccc2F)nn1. The number of aliphatic carboxylic acids is 1. The molecular formula is C18H16FN3O3. The van der Waals surface area contributed by atoms with Gasteiger partial charge in [-0.3, -0.25) is 4.79 Å². The first kappa shape index (κ1) is 16.6. The molecule has 0 spiro atoms. The predicted molar refractivity (Wildman–Crippen MR) is 87.6 cm³/mol. The van der Waals surface area contributed by atoms with Crippen molar-refractivity contribution in [1.29, 1.82) is 0 Å². The molecule has 3 rings (SSSR count). The molecule has 0 radical (unpaired) electrons. The Kier molecular flexibility index (Phi) is 5.03. The molecule has 2 aromatic carbocycles. The molecule has 3 aromatic rings. The van der Waals surface area contributed by atoms with Crippen LogP contribution < -0.4 is 4.74 Å². The first-order valence-electron chi connectivity index (χ1n) is 7.67. The summed E-state index contributed by atoms with van der Waals surface area (Å²) in [4.78, 5) is 10.9. The van der Waals surface area contributed by atoms with E-state index < -0.39 is 11.8 Å². The lowest BCUT2D eigenvalue weighted by Gasteiger charge is -2.07. The van der Waals surface area contributed by atoms with Crippen LogP contribution in [0.1, 0.15) is 16.8 Å². The van der Waals surface area contributed by atoms with E-state index in [1.54, 1.807) is 41.2 Å². The van der Waals surface area contributed by atoms with Crippen LogP contribution in [0.4, 0.5) is 4.39 Å². The minimum absolute atomic E-state index is 0.0475. The van der Waals surface area contributed by atoms with Crippen LogP contribution in [0, 0.1) is 5.82 Å². The number of rotatable bonds is 7. The van der Waals surface area contributed by atoms with Crippen molar-refractivity contribution in [2.24, 2.45) is 0 Å². The fourth-order valence-corrected chi connectivity index (χ4v) is 2.42. The molecule has 25 heavy (non-hydrogen) atoms. The standard InChI is InChI=1S/C18H16FN3O3/c19-16-7-3-4-8-17(16)25-12-15-11-22(21-20-15)10-14-6-2-1-5-13(14)9-18(23)24/h1-8,11H,9-10,12H2,(H,23,24). The van der Waals surface area contributed by atoms with E-state index in [1.807, 2.05) is 12.1 Å². The lowest BCUT2D eigenvalue weighted by molar-refractivity contribution is -0.136. The van der Waals surface area contributed by atoms with Crippen molar-refractivity contribution in [3.63, 3.8) is 0 Å². The molecule has 7 heteroatoms. The zero-order valence-corrected chi connectivity index (χ0v) is 13.3. The van der Waals surface area contributed by atoms with E-state index in [0.717, 1.165) is 11.1 Å². The Hall–Kier alpha value is -3.22. The Labute approximate surface area is 143 Å². The third kappa shape index (κ3) is 4.41. The summed E-state index contributed by atoms with van der Waals surface area (Å²) < 4.78 is 20.5. The average Bonchev–Trinajstić information content (AvgIpc) is 3.03. The largest absolute Gasteiger partial charge is 0.484 e. The molecule has 0 aliphatic heterocycles. The maximum Gasteiger partial charge on any atom is 0.307 e. The molecule has 128 valence electrons. The van der Waals surface area contributed by atoms with Gasteiger partial charge in [-0.1, -0.05) is 41.6 Å². The van der Waals surface area contributed by atoms with Crippen molar-refractivity contribution in [2.45, 2.75) is 19.6 Å². The predicted octanol–water partition coefficient (Wildman–Crippen LogP) is 2.67. The van der Waals surface area contributed by atoms with Gasteiger partial charge >= 0.3 is 5.97 Å². The zero-order valence-electron chi connectivity index (χ0n) is 13.3. The van der Waals surface area contributed by atoms with E-state index in [9.17, 15) is 9.18 Å².